The smallest absolute Gasteiger partial charge is 0.257 e. The second-order valence-electron chi connectivity index (χ2n) is 5.27. The molecule has 5 nitrogen and oxygen atoms in total. The molecule has 0 spiro atoms. The molecule has 0 radical (unpaired) electrons. The second-order valence-corrected chi connectivity index (χ2v) is 6.56. The fraction of sp³-hybridized carbons (Fsp3) is 0.125. The molecule has 0 aliphatic rings. The van der Waals surface area contributed by atoms with Crippen molar-refractivity contribution in [2.45, 2.75) is 0 Å². The summed E-state index contributed by atoms with van der Waals surface area (Å²) >= 11 is 9.77. The van der Waals surface area contributed by atoms with E-state index in [9.17, 15) is 4.79 Å². The number of halogens is 2. The summed E-state index contributed by atoms with van der Waals surface area (Å²) in [6.45, 7) is 0. The van der Waals surface area contributed by atoms with E-state index in [0.29, 0.717) is 16.3 Å². The van der Waals surface area contributed by atoms with Gasteiger partial charge in [0.15, 0.2) is 0 Å². The van der Waals surface area contributed by atoms with Crippen molar-refractivity contribution >= 4 is 55.7 Å². The van der Waals surface area contributed by atoms with Crippen molar-refractivity contribution in [3.63, 3.8) is 0 Å². The number of aromatic amines is 1. The predicted molar refractivity (Wildman–Crippen MR) is 97.5 cm³/mol. The van der Waals surface area contributed by atoms with Crippen LogP contribution >= 0.6 is 27.5 Å². The third-order valence-electron chi connectivity index (χ3n) is 3.49. The minimum atomic E-state index is -0.217. The van der Waals surface area contributed by atoms with Gasteiger partial charge in [0.2, 0.25) is 0 Å². The van der Waals surface area contributed by atoms with Gasteiger partial charge in [-0.15, -0.1) is 0 Å². The molecule has 0 fully saturated rings. The summed E-state index contributed by atoms with van der Waals surface area (Å²) in [5, 5.41) is 10.9. The van der Waals surface area contributed by atoms with E-state index in [-0.39, 0.29) is 5.91 Å². The number of amides is 1. The van der Waals surface area contributed by atoms with Crippen LogP contribution in [0.2, 0.25) is 5.02 Å². The Hall–Kier alpha value is -2.05. The van der Waals surface area contributed by atoms with Gasteiger partial charge in [0, 0.05) is 24.0 Å². The molecule has 1 heterocycles. The second kappa shape index (κ2) is 6.22. The average molecular weight is 394 g/mol. The fourth-order valence-electron chi connectivity index (χ4n) is 2.34. The van der Waals surface area contributed by atoms with Crippen molar-refractivity contribution in [1.82, 2.24) is 10.2 Å². The van der Waals surface area contributed by atoms with Crippen LogP contribution in [0.5, 0.6) is 0 Å². The monoisotopic (exact) mass is 392 g/mol. The quantitative estimate of drug-likeness (QED) is 0.697. The Labute approximate surface area is 146 Å². The third kappa shape index (κ3) is 3.04. The fourth-order valence-corrected chi connectivity index (χ4v) is 2.95. The first-order chi connectivity index (χ1) is 11.0. The molecule has 3 rings (SSSR count). The van der Waals surface area contributed by atoms with Crippen LogP contribution in [-0.2, 0) is 0 Å². The molecule has 0 saturated carbocycles. The molecule has 0 bridgehead atoms. The summed E-state index contributed by atoms with van der Waals surface area (Å²) in [5.74, 6) is -0.217. The van der Waals surface area contributed by atoms with E-state index in [4.69, 9.17) is 11.6 Å². The van der Waals surface area contributed by atoms with Crippen LogP contribution in [0.1, 0.15) is 10.4 Å². The van der Waals surface area contributed by atoms with Crippen molar-refractivity contribution in [1.29, 1.82) is 0 Å². The topological polar surface area (TPSA) is 61.0 Å². The highest BCUT2D eigenvalue weighted by Gasteiger charge is 2.16. The molecule has 1 amide bonds. The van der Waals surface area contributed by atoms with Crippen molar-refractivity contribution in [2.24, 2.45) is 0 Å². The number of nitrogens with one attached hydrogen (secondary N) is 2. The summed E-state index contributed by atoms with van der Waals surface area (Å²) in [6, 6.07) is 9.10. The number of carbonyl (C=O) groups excluding carboxylic acids is 1. The van der Waals surface area contributed by atoms with E-state index in [1.54, 1.807) is 18.3 Å². The molecule has 118 valence electrons. The molecule has 1 aromatic heterocycles. The Bertz CT molecular complexity index is 891. The number of anilines is 2. The van der Waals surface area contributed by atoms with Crippen LogP contribution in [0, 0.1) is 0 Å². The van der Waals surface area contributed by atoms with Gasteiger partial charge < -0.3 is 10.2 Å². The Morgan fingerprint density at radius 1 is 1.30 bits per heavy atom. The highest BCUT2D eigenvalue weighted by atomic mass is 79.9. The number of hydrogen-bond acceptors (Lipinski definition) is 3. The number of nitrogens with zero attached hydrogens (tertiary/aromatic N) is 2. The summed E-state index contributed by atoms with van der Waals surface area (Å²) in [5.41, 5.74) is 2.77. The largest absolute Gasteiger partial charge is 0.377 e. The SMILES string of the molecule is CN(C)c1cc(Br)ccc1C(=O)Nc1ccc2[nH]ncc2c1Cl. The maximum atomic E-state index is 12.6. The normalized spacial score (nSPS) is 10.8. The maximum Gasteiger partial charge on any atom is 0.257 e. The molecular formula is C16H14BrClN4O. The van der Waals surface area contributed by atoms with E-state index in [2.05, 4.69) is 31.4 Å². The molecule has 7 heteroatoms. The molecule has 0 aliphatic heterocycles. The number of H-pyrrole nitrogens is 1. The first kappa shape index (κ1) is 15.8. The highest BCUT2D eigenvalue weighted by Crippen LogP contribution is 2.31. The van der Waals surface area contributed by atoms with Crippen LogP contribution in [0.25, 0.3) is 10.9 Å². The van der Waals surface area contributed by atoms with E-state index in [1.165, 1.54) is 0 Å². The molecule has 2 N–H and O–H groups in total. The van der Waals surface area contributed by atoms with Crippen molar-refractivity contribution in [2.75, 3.05) is 24.3 Å². The zero-order chi connectivity index (χ0) is 16.6. The molecule has 3 aromatic rings. The third-order valence-corrected chi connectivity index (χ3v) is 4.39. The molecule has 2 aromatic carbocycles. The van der Waals surface area contributed by atoms with E-state index >= 15 is 0 Å². The summed E-state index contributed by atoms with van der Waals surface area (Å²) in [6.07, 6.45) is 1.64. The molecular weight excluding hydrogens is 380 g/mol. The van der Waals surface area contributed by atoms with Gasteiger partial charge in [-0.3, -0.25) is 9.89 Å². The van der Waals surface area contributed by atoms with Gasteiger partial charge in [0.05, 0.1) is 33.7 Å². The van der Waals surface area contributed by atoms with Crippen molar-refractivity contribution < 1.29 is 4.79 Å². The molecule has 23 heavy (non-hydrogen) atoms. The van der Waals surface area contributed by atoms with Crippen molar-refractivity contribution in [3.8, 4) is 0 Å². The Morgan fingerprint density at radius 2 is 2.09 bits per heavy atom. The van der Waals surface area contributed by atoms with E-state index in [0.717, 1.165) is 21.1 Å². The van der Waals surface area contributed by atoms with Gasteiger partial charge >= 0.3 is 0 Å². The maximum absolute atomic E-state index is 12.6. The van der Waals surface area contributed by atoms with Crippen LogP contribution in [0.15, 0.2) is 41.0 Å². The van der Waals surface area contributed by atoms with Gasteiger partial charge in [-0.2, -0.15) is 5.10 Å². The number of benzene rings is 2. The van der Waals surface area contributed by atoms with Gasteiger partial charge in [0.1, 0.15) is 0 Å². The first-order valence-electron chi connectivity index (χ1n) is 6.87. The lowest BCUT2D eigenvalue weighted by atomic mass is 10.1. The average Bonchev–Trinajstić information content (AvgIpc) is 2.99. The lowest BCUT2D eigenvalue weighted by Gasteiger charge is -2.18. The summed E-state index contributed by atoms with van der Waals surface area (Å²) in [4.78, 5) is 14.5. The van der Waals surface area contributed by atoms with Gasteiger partial charge in [-0.05, 0) is 30.3 Å². The number of aromatic nitrogens is 2. The van der Waals surface area contributed by atoms with Crippen molar-refractivity contribution in [3.05, 3.63) is 51.6 Å². The summed E-state index contributed by atoms with van der Waals surface area (Å²) in [7, 11) is 3.78. The minimum absolute atomic E-state index is 0.217. The molecule has 0 aliphatic carbocycles. The van der Waals surface area contributed by atoms with Gasteiger partial charge in [-0.1, -0.05) is 27.5 Å². The van der Waals surface area contributed by atoms with Crippen LogP contribution in [0.3, 0.4) is 0 Å². The Morgan fingerprint density at radius 3 is 2.83 bits per heavy atom. The number of rotatable bonds is 3. The highest BCUT2D eigenvalue weighted by molar-refractivity contribution is 9.10. The van der Waals surface area contributed by atoms with E-state index < -0.39 is 0 Å². The van der Waals surface area contributed by atoms with E-state index in [1.807, 2.05) is 37.2 Å². The minimum Gasteiger partial charge on any atom is -0.377 e. The lowest BCUT2D eigenvalue weighted by molar-refractivity contribution is 0.102. The number of carbonyl (C=O) groups is 1. The molecule has 0 atom stereocenters. The van der Waals surface area contributed by atoms with Crippen LogP contribution in [0.4, 0.5) is 11.4 Å². The zero-order valence-corrected chi connectivity index (χ0v) is 14.9. The Kier molecular flexibility index (Phi) is 4.28. The molecule has 0 saturated heterocycles. The predicted octanol–water partition coefficient (Wildman–Crippen LogP) is 4.30. The first-order valence-corrected chi connectivity index (χ1v) is 8.04. The number of hydrogen-bond donors (Lipinski definition) is 2. The lowest BCUT2D eigenvalue weighted by Crippen LogP contribution is -2.18. The van der Waals surface area contributed by atoms with Crippen LogP contribution < -0.4 is 10.2 Å². The zero-order valence-electron chi connectivity index (χ0n) is 12.5. The molecule has 0 unspecified atom stereocenters. The van der Waals surface area contributed by atoms with Gasteiger partial charge in [0.25, 0.3) is 5.91 Å². The standard InChI is InChI=1S/C16H14BrClN4O/c1-22(2)14-7-9(17)3-4-10(14)16(23)20-13-6-5-12-11(15(13)18)8-19-21-12/h3-8H,1-2H3,(H,19,21)(H,20,23). The van der Waals surface area contributed by atoms with Gasteiger partial charge in [-0.25, -0.2) is 0 Å². The Balaban J connectivity index is 1.96. The van der Waals surface area contributed by atoms with Crippen LogP contribution in [-0.4, -0.2) is 30.2 Å². The summed E-state index contributed by atoms with van der Waals surface area (Å²) < 4.78 is 0.913. The number of fused-ring (bicyclic) bond motifs is 1.